The van der Waals surface area contributed by atoms with Crippen molar-refractivity contribution in [2.24, 2.45) is 5.92 Å². The van der Waals surface area contributed by atoms with Gasteiger partial charge in [0.25, 0.3) is 0 Å². The van der Waals surface area contributed by atoms with Gasteiger partial charge >= 0.3 is 23.9 Å². The minimum atomic E-state index is -1.39. The summed E-state index contributed by atoms with van der Waals surface area (Å²) in [5, 5.41) is 29.1. The van der Waals surface area contributed by atoms with Crippen LogP contribution in [0.1, 0.15) is 47.5 Å². The number of carboxylic acid groups (broad SMARTS) is 3. The summed E-state index contributed by atoms with van der Waals surface area (Å²) >= 11 is 0. The Morgan fingerprint density at radius 2 is 1.35 bits per heavy atom. The number of aliphatic carboxylic acids is 3. The first kappa shape index (κ1) is 25.6. The minimum absolute atomic E-state index is 0.287. The summed E-state index contributed by atoms with van der Waals surface area (Å²) in [4.78, 5) is 42.0. The molecule has 5 N–H and O–H groups in total. The number of carbonyl (C=O) groups excluding carboxylic acids is 1. The third kappa shape index (κ3) is 25.0. The van der Waals surface area contributed by atoms with E-state index in [4.69, 9.17) is 15.3 Å². The molecule has 23 heavy (non-hydrogen) atoms. The Kier molecular flexibility index (Phi) is 17.9. The molecule has 0 aromatic carbocycles. The molecule has 0 radical (unpaired) electrons. The van der Waals surface area contributed by atoms with Crippen molar-refractivity contribution >= 4 is 23.9 Å². The van der Waals surface area contributed by atoms with Gasteiger partial charge in [-0.1, -0.05) is 34.6 Å². The van der Waals surface area contributed by atoms with Crippen LogP contribution >= 0.6 is 0 Å². The topological polar surface area (TPSA) is 153 Å². The molecule has 2 amide bonds. The number of carbonyl (C=O) groups is 4. The van der Waals surface area contributed by atoms with Crippen LogP contribution in [0.5, 0.6) is 0 Å². The standard InChI is InChI=1S/C8H12N2O7.C4H10.C2H6/c11-5(12)2-1-4(7(15)16)10-8(17)9-3-6(13)14;1-4(2)3;1-2/h4H,1-3H2,(H,11,12)(H,13,14)(H,15,16)(H2,9,10,17);4H,1-3H3;1-2H3/t4-;;/m0../s1. The van der Waals surface area contributed by atoms with E-state index < -0.39 is 42.9 Å². The molecular weight excluding hydrogens is 308 g/mol. The van der Waals surface area contributed by atoms with Crippen molar-refractivity contribution in [2.75, 3.05) is 6.54 Å². The summed E-state index contributed by atoms with van der Waals surface area (Å²) in [6.45, 7) is 9.84. The largest absolute Gasteiger partial charge is 0.481 e. The SMILES string of the molecule is CC.CC(C)C.O=C(O)CC[C@H](NC(=O)NCC(=O)O)C(=O)O. The maximum atomic E-state index is 11.0. The fraction of sp³-hybridized carbons (Fsp3) is 0.714. The van der Waals surface area contributed by atoms with E-state index in [2.05, 4.69) is 20.8 Å². The third-order valence-corrected chi connectivity index (χ3v) is 1.65. The number of rotatable bonds is 7. The molecule has 9 heteroatoms. The normalized spacial score (nSPS) is 10.2. The average Bonchev–Trinajstić information content (AvgIpc) is 2.42. The molecular formula is C14H28N2O7. The van der Waals surface area contributed by atoms with Crippen molar-refractivity contribution in [3.05, 3.63) is 0 Å². The van der Waals surface area contributed by atoms with Crippen molar-refractivity contribution in [3.63, 3.8) is 0 Å². The van der Waals surface area contributed by atoms with Crippen LogP contribution < -0.4 is 10.6 Å². The van der Waals surface area contributed by atoms with Gasteiger partial charge in [0.2, 0.25) is 0 Å². The molecule has 0 spiro atoms. The van der Waals surface area contributed by atoms with Gasteiger partial charge in [0, 0.05) is 6.42 Å². The van der Waals surface area contributed by atoms with Crippen molar-refractivity contribution in [2.45, 2.75) is 53.5 Å². The molecule has 0 aromatic rings. The van der Waals surface area contributed by atoms with Gasteiger partial charge in [-0.3, -0.25) is 9.59 Å². The number of carboxylic acids is 3. The fourth-order valence-corrected chi connectivity index (χ4v) is 0.890. The zero-order valence-corrected chi connectivity index (χ0v) is 14.3. The van der Waals surface area contributed by atoms with E-state index in [9.17, 15) is 19.2 Å². The molecule has 136 valence electrons. The van der Waals surface area contributed by atoms with Gasteiger partial charge in [-0.25, -0.2) is 9.59 Å². The quantitative estimate of drug-likeness (QED) is 0.470. The predicted octanol–water partition coefficient (Wildman–Crippen LogP) is 1.38. The van der Waals surface area contributed by atoms with E-state index in [1.165, 1.54) is 0 Å². The van der Waals surface area contributed by atoms with Crippen molar-refractivity contribution < 1.29 is 34.5 Å². The molecule has 0 aliphatic carbocycles. The first-order valence-corrected chi connectivity index (χ1v) is 7.27. The zero-order chi connectivity index (χ0) is 19.0. The van der Waals surface area contributed by atoms with Crippen LogP contribution in [-0.2, 0) is 14.4 Å². The second-order valence-electron chi connectivity index (χ2n) is 4.78. The minimum Gasteiger partial charge on any atom is -0.481 e. The number of hydrogen-bond acceptors (Lipinski definition) is 4. The van der Waals surface area contributed by atoms with Crippen LogP contribution in [0.3, 0.4) is 0 Å². The molecule has 0 heterocycles. The van der Waals surface area contributed by atoms with E-state index in [1.54, 1.807) is 0 Å². The highest BCUT2D eigenvalue weighted by Crippen LogP contribution is 1.97. The molecule has 0 aromatic heterocycles. The monoisotopic (exact) mass is 336 g/mol. The Bertz CT molecular complexity index is 367. The van der Waals surface area contributed by atoms with Gasteiger partial charge < -0.3 is 26.0 Å². The molecule has 9 nitrogen and oxygen atoms in total. The summed E-state index contributed by atoms with van der Waals surface area (Å²) in [7, 11) is 0. The van der Waals surface area contributed by atoms with Crippen molar-refractivity contribution in [1.82, 2.24) is 10.6 Å². The van der Waals surface area contributed by atoms with Crippen LogP contribution in [0, 0.1) is 5.92 Å². The zero-order valence-electron chi connectivity index (χ0n) is 14.3. The third-order valence-electron chi connectivity index (χ3n) is 1.65. The molecule has 0 saturated heterocycles. The highest BCUT2D eigenvalue weighted by Gasteiger charge is 2.20. The van der Waals surface area contributed by atoms with Gasteiger partial charge in [-0.05, 0) is 12.3 Å². The van der Waals surface area contributed by atoms with Crippen LogP contribution in [0.2, 0.25) is 0 Å². The molecule has 0 fully saturated rings. The van der Waals surface area contributed by atoms with Gasteiger partial charge in [0.15, 0.2) is 0 Å². The predicted molar refractivity (Wildman–Crippen MR) is 84.3 cm³/mol. The first-order chi connectivity index (χ1) is 10.6. The van der Waals surface area contributed by atoms with Crippen molar-refractivity contribution in [1.29, 1.82) is 0 Å². The van der Waals surface area contributed by atoms with E-state index >= 15 is 0 Å². The summed E-state index contributed by atoms with van der Waals surface area (Å²) < 4.78 is 0. The van der Waals surface area contributed by atoms with Crippen LogP contribution in [0.4, 0.5) is 4.79 Å². The van der Waals surface area contributed by atoms with E-state index in [0.29, 0.717) is 0 Å². The lowest BCUT2D eigenvalue weighted by molar-refractivity contribution is -0.140. The molecule has 0 aliphatic heterocycles. The highest BCUT2D eigenvalue weighted by atomic mass is 16.4. The fourth-order valence-electron chi connectivity index (χ4n) is 0.890. The Morgan fingerprint density at radius 3 is 1.65 bits per heavy atom. The number of nitrogens with one attached hydrogen (secondary N) is 2. The lowest BCUT2D eigenvalue weighted by Gasteiger charge is -2.13. The molecule has 0 rings (SSSR count). The maximum absolute atomic E-state index is 11.0. The second-order valence-corrected chi connectivity index (χ2v) is 4.78. The summed E-state index contributed by atoms with van der Waals surface area (Å²) in [5.41, 5.74) is 0. The highest BCUT2D eigenvalue weighted by molar-refractivity contribution is 5.85. The van der Waals surface area contributed by atoms with Crippen LogP contribution in [0.15, 0.2) is 0 Å². The molecule has 0 bridgehead atoms. The lowest BCUT2D eigenvalue weighted by Crippen LogP contribution is -2.47. The van der Waals surface area contributed by atoms with Gasteiger partial charge in [-0.2, -0.15) is 0 Å². The Labute approximate surface area is 136 Å². The molecule has 0 aliphatic rings. The molecule has 1 atom stereocenters. The summed E-state index contributed by atoms with van der Waals surface area (Å²) in [6.07, 6.45) is -0.707. The van der Waals surface area contributed by atoms with Crippen LogP contribution in [0.25, 0.3) is 0 Å². The maximum Gasteiger partial charge on any atom is 0.326 e. The first-order valence-electron chi connectivity index (χ1n) is 7.27. The van der Waals surface area contributed by atoms with Gasteiger partial charge in [0.1, 0.15) is 12.6 Å². The summed E-state index contributed by atoms with van der Waals surface area (Å²) in [5.74, 6) is -3.03. The van der Waals surface area contributed by atoms with Crippen LogP contribution in [-0.4, -0.2) is 51.8 Å². The van der Waals surface area contributed by atoms with Gasteiger partial charge in [-0.15, -0.1) is 0 Å². The Hall–Kier alpha value is -2.32. The average molecular weight is 336 g/mol. The van der Waals surface area contributed by atoms with E-state index in [1.807, 2.05) is 24.5 Å². The van der Waals surface area contributed by atoms with E-state index in [-0.39, 0.29) is 6.42 Å². The summed E-state index contributed by atoms with van der Waals surface area (Å²) in [6, 6.07) is -2.36. The lowest BCUT2D eigenvalue weighted by atomic mass is 10.1. The van der Waals surface area contributed by atoms with E-state index in [0.717, 1.165) is 5.92 Å². The number of hydrogen-bond donors (Lipinski definition) is 5. The molecule has 0 unspecified atom stereocenters. The Balaban J connectivity index is -0.000000574. The smallest absolute Gasteiger partial charge is 0.326 e. The van der Waals surface area contributed by atoms with Gasteiger partial charge in [0.05, 0.1) is 0 Å². The van der Waals surface area contributed by atoms with Crippen molar-refractivity contribution in [3.8, 4) is 0 Å². The number of amides is 2. The molecule has 0 saturated carbocycles. The Morgan fingerprint density at radius 1 is 0.913 bits per heavy atom. The number of urea groups is 1. The second kappa shape index (κ2) is 16.1.